The topological polar surface area (TPSA) is 81.8 Å². The van der Waals surface area contributed by atoms with Crippen LogP contribution in [-0.2, 0) is 11.3 Å². The number of rotatable bonds is 4. The van der Waals surface area contributed by atoms with Crippen molar-refractivity contribution in [1.29, 1.82) is 0 Å². The van der Waals surface area contributed by atoms with Gasteiger partial charge in [-0.15, -0.1) is 0 Å². The van der Waals surface area contributed by atoms with Gasteiger partial charge in [-0.2, -0.15) is 5.10 Å². The van der Waals surface area contributed by atoms with Crippen LogP contribution in [0.15, 0.2) is 59.8 Å². The van der Waals surface area contributed by atoms with Crippen LogP contribution in [0.1, 0.15) is 11.1 Å². The molecule has 0 aliphatic rings. The standard InChI is InChI=1S/C21H18FN5O2/c1-13-7-8-15(9-14(13)2)27-20-16(10-24-27)21(29)26(12-23-20)11-19(28)25-18-6-4-3-5-17(18)22/h3-10,12H,11H2,1-2H3,(H,25,28). The van der Waals surface area contributed by atoms with E-state index in [9.17, 15) is 14.0 Å². The number of hydrogen-bond donors (Lipinski definition) is 1. The summed E-state index contributed by atoms with van der Waals surface area (Å²) < 4.78 is 16.4. The minimum atomic E-state index is -0.545. The van der Waals surface area contributed by atoms with E-state index in [4.69, 9.17) is 0 Å². The number of aryl methyl sites for hydroxylation is 2. The first kappa shape index (κ1) is 18.5. The Morgan fingerprint density at radius 3 is 2.69 bits per heavy atom. The average molecular weight is 391 g/mol. The van der Waals surface area contributed by atoms with Gasteiger partial charge in [0.15, 0.2) is 5.65 Å². The van der Waals surface area contributed by atoms with E-state index < -0.39 is 17.3 Å². The van der Waals surface area contributed by atoms with Crippen molar-refractivity contribution in [2.75, 3.05) is 5.32 Å². The summed E-state index contributed by atoms with van der Waals surface area (Å²) in [6, 6.07) is 11.7. The average Bonchev–Trinajstić information content (AvgIpc) is 3.13. The van der Waals surface area contributed by atoms with Gasteiger partial charge in [0.25, 0.3) is 5.56 Å². The Bertz CT molecular complexity index is 1290. The molecule has 0 fully saturated rings. The Morgan fingerprint density at radius 1 is 1.14 bits per heavy atom. The van der Waals surface area contributed by atoms with E-state index in [1.807, 2.05) is 32.0 Å². The molecule has 4 rings (SSSR count). The third-order valence-electron chi connectivity index (χ3n) is 4.75. The van der Waals surface area contributed by atoms with Crippen LogP contribution in [0, 0.1) is 19.7 Å². The fourth-order valence-corrected chi connectivity index (χ4v) is 3.01. The van der Waals surface area contributed by atoms with E-state index in [1.165, 1.54) is 35.3 Å². The minimum absolute atomic E-state index is 0.0575. The largest absolute Gasteiger partial charge is 0.322 e. The molecule has 1 N–H and O–H groups in total. The highest BCUT2D eigenvalue weighted by atomic mass is 19.1. The van der Waals surface area contributed by atoms with Gasteiger partial charge in [-0.1, -0.05) is 18.2 Å². The number of carbonyl (C=O) groups is 1. The lowest BCUT2D eigenvalue weighted by atomic mass is 10.1. The zero-order chi connectivity index (χ0) is 20.5. The van der Waals surface area contributed by atoms with Crippen molar-refractivity contribution in [3.63, 3.8) is 0 Å². The number of aromatic nitrogens is 4. The second-order valence-corrected chi connectivity index (χ2v) is 6.77. The highest BCUT2D eigenvalue weighted by molar-refractivity contribution is 5.90. The number of carbonyl (C=O) groups excluding carboxylic acids is 1. The van der Waals surface area contributed by atoms with Gasteiger partial charge >= 0.3 is 0 Å². The summed E-state index contributed by atoms with van der Waals surface area (Å²) in [5, 5.41) is 7.04. The number of para-hydroxylation sites is 1. The van der Waals surface area contributed by atoms with E-state index >= 15 is 0 Å². The summed E-state index contributed by atoms with van der Waals surface area (Å²) in [5.41, 5.74) is 3.12. The smallest absolute Gasteiger partial charge is 0.264 e. The Labute approximate surface area is 165 Å². The van der Waals surface area contributed by atoms with Crippen molar-refractivity contribution in [1.82, 2.24) is 19.3 Å². The molecule has 0 aliphatic carbocycles. The van der Waals surface area contributed by atoms with Crippen molar-refractivity contribution in [3.8, 4) is 5.69 Å². The van der Waals surface area contributed by atoms with E-state index in [0.29, 0.717) is 11.0 Å². The molecular formula is C21H18FN5O2. The van der Waals surface area contributed by atoms with Crippen molar-refractivity contribution < 1.29 is 9.18 Å². The van der Waals surface area contributed by atoms with Gasteiger partial charge in [-0.05, 0) is 49.2 Å². The van der Waals surface area contributed by atoms with Gasteiger partial charge in [0, 0.05) is 0 Å². The molecule has 2 aromatic carbocycles. The number of fused-ring (bicyclic) bond motifs is 1. The first-order valence-electron chi connectivity index (χ1n) is 8.99. The van der Waals surface area contributed by atoms with Crippen LogP contribution in [0.2, 0.25) is 0 Å². The minimum Gasteiger partial charge on any atom is -0.322 e. The fourth-order valence-electron chi connectivity index (χ4n) is 3.01. The molecule has 2 heterocycles. The number of amides is 1. The van der Waals surface area contributed by atoms with Gasteiger partial charge in [0.1, 0.15) is 24.1 Å². The molecule has 2 aromatic heterocycles. The fraction of sp³-hybridized carbons (Fsp3) is 0.143. The molecule has 1 amide bonds. The number of halogens is 1. The maximum Gasteiger partial charge on any atom is 0.264 e. The number of nitrogens with zero attached hydrogens (tertiary/aromatic N) is 4. The van der Waals surface area contributed by atoms with Gasteiger partial charge in [-0.3, -0.25) is 14.2 Å². The molecule has 0 saturated heterocycles. The number of hydrogen-bond acceptors (Lipinski definition) is 4. The summed E-state index contributed by atoms with van der Waals surface area (Å²) in [7, 11) is 0. The maximum absolute atomic E-state index is 13.7. The molecule has 146 valence electrons. The van der Waals surface area contributed by atoms with E-state index in [1.54, 1.807) is 10.7 Å². The molecule has 0 atom stereocenters. The Kier molecular flexibility index (Phi) is 4.67. The first-order valence-corrected chi connectivity index (χ1v) is 8.99. The molecule has 0 radical (unpaired) electrons. The molecule has 4 aromatic rings. The number of nitrogens with one attached hydrogen (secondary N) is 1. The van der Waals surface area contributed by atoms with Gasteiger partial charge in [-0.25, -0.2) is 14.1 Å². The van der Waals surface area contributed by atoms with Crippen LogP contribution in [0.5, 0.6) is 0 Å². The van der Waals surface area contributed by atoms with E-state index in [-0.39, 0.29) is 12.2 Å². The number of benzene rings is 2. The molecule has 7 nitrogen and oxygen atoms in total. The predicted octanol–water partition coefficient (Wildman–Crippen LogP) is 2.98. The molecule has 0 aliphatic heterocycles. The van der Waals surface area contributed by atoms with Crippen LogP contribution in [0.25, 0.3) is 16.7 Å². The lowest BCUT2D eigenvalue weighted by Gasteiger charge is -2.09. The van der Waals surface area contributed by atoms with Crippen molar-refractivity contribution in [2.45, 2.75) is 20.4 Å². The quantitative estimate of drug-likeness (QED) is 0.580. The summed E-state index contributed by atoms with van der Waals surface area (Å²) in [4.78, 5) is 29.3. The van der Waals surface area contributed by atoms with E-state index in [2.05, 4.69) is 15.4 Å². The van der Waals surface area contributed by atoms with E-state index in [0.717, 1.165) is 16.8 Å². The molecule has 29 heavy (non-hydrogen) atoms. The third kappa shape index (κ3) is 3.52. The Balaban J connectivity index is 1.63. The lowest BCUT2D eigenvalue weighted by Crippen LogP contribution is -2.28. The monoisotopic (exact) mass is 391 g/mol. The molecule has 0 bridgehead atoms. The van der Waals surface area contributed by atoms with Crippen LogP contribution < -0.4 is 10.9 Å². The van der Waals surface area contributed by atoms with Crippen LogP contribution in [0.3, 0.4) is 0 Å². The van der Waals surface area contributed by atoms with Crippen molar-refractivity contribution >= 4 is 22.6 Å². The van der Waals surface area contributed by atoms with Crippen molar-refractivity contribution in [2.24, 2.45) is 0 Å². The normalized spacial score (nSPS) is 11.0. The zero-order valence-electron chi connectivity index (χ0n) is 15.9. The summed E-state index contributed by atoms with van der Waals surface area (Å²) in [6.45, 7) is 3.73. The summed E-state index contributed by atoms with van der Waals surface area (Å²) in [6.07, 6.45) is 2.73. The highest BCUT2D eigenvalue weighted by Crippen LogP contribution is 2.17. The Hall–Kier alpha value is -3.81. The second-order valence-electron chi connectivity index (χ2n) is 6.77. The summed E-state index contributed by atoms with van der Waals surface area (Å²) >= 11 is 0. The SMILES string of the molecule is Cc1ccc(-n2ncc3c(=O)n(CC(=O)Nc4ccccc4F)cnc32)cc1C. The molecule has 0 spiro atoms. The maximum atomic E-state index is 13.7. The zero-order valence-corrected chi connectivity index (χ0v) is 15.9. The van der Waals surface area contributed by atoms with Crippen LogP contribution in [0.4, 0.5) is 10.1 Å². The van der Waals surface area contributed by atoms with Gasteiger partial charge < -0.3 is 5.32 Å². The molecule has 0 saturated carbocycles. The first-order chi connectivity index (χ1) is 13.9. The van der Waals surface area contributed by atoms with Crippen LogP contribution in [-0.4, -0.2) is 25.2 Å². The Morgan fingerprint density at radius 2 is 1.93 bits per heavy atom. The van der Waals surface area contributed by atoms with Crippen LogP contribution >= 0.6 is 0 Å². The molecule has 0 unspecified atom stereocenters. The highest BCUT2D eigenvalue weighted by Gasteiger charge is 2.14. The van der Waals surface area contributed by atoms with Gasteiger partial charge in [0.05, 0.1) is 17.6 Å². The summed E-state index contributed by atoms with van der Waals surface area (Å²) in [5.74, 6) is -1.07. The molecule has 8 heteroatoms. The lowest BCUT2D eigenvalue weighted by molar-refractivity contribution is -0.116. The molecular weight excluding hydrogens is 373 g/mol. The number of anilines is 1. The second kappa shape index (κ2) is 7.31. The van der Waals surface area contributed by atoms with Gasteiger partial charge in [0.2, 0.25) is 5.91 Å². The third-order valence-corrected chi connectivity index (χ3v) is 4.75. The predicted molar refractivity (Wildman–Crippen MR) is 108 cm³/mol. The van der Waals surface area contributed by atoms with Crippen molar-refractivity contribution in [3.05, 3.63) is 82.3 Å².